The van der Waals surface area contributed by atoms with Crippen LogP contribution >= 0.6 is 0 Å². The second-order valence-electron chi connectivity index (χ2n) is 6.88. The first-order chi connectivity index (χ1) is 11.1. The first-order valence-electron chi connectivity index (χ1n) is 8.71. The van der Waals surface area contributed by atoms with E-state index in [0.29, 0.717) is 6.54 Å². The minimum absolute atomic E-state index is 0.163. The Morgan fingerprint density at radius 2 is 1.96 bits per heavy atom. The molecular weight excluding hydrogens is 290 g/mol. The molecule has 1 saturated carbocycles. The fourth-order valence-electron chi connectivity index (χ4n) is 3.62. The first kappa shape index (κ1) is 16.1. The van der Waals surface area contributed by atoms with E-state index in [-0.39, 0.29) is 12.1 Å². The molecule has 0 bridgehead atoms. The van der Waals surface area contributed by atoms with Crippen LogP contribution in [-0.2, 0) is 0 Å². The summed E-state index contributed by atoms with van der Waals surface area (Å²) in [4.78, 5) is 14.4. The zero-order chi connectivity index (χ0) is 16.1. The van der Waals surface area contributed by atoms with Gasteiger partial charge in [-0.15, -0.1) is 0 Å². The number of benzene rings is 1. The normalized spacial score (nSPS) is 23.5. The molecule has 1 heterocycles. The van der Waals surface area contributed by atoms with Crippen LogP contribution in [0.2, 0.25) is 0 Å². The molecule has 1 saturated heterocycles. The van der Waals surface area contributed by atoms with E-state index in [4.69, 9.17) is 0 Å². The number of carbonyl (C=O) groups is 1. The van der Waals surface area contributed by atoms with Crippen molar-refractivity contribution in [2.75, 3.05) is 24.5 Å². The highest BCUT2D eigenvalue weighted by Gasteiger charge is 2.30. The van der Waals surface area contributed by atoms with Crippen LogP contribution in [0.5, 0.6) is 0 Å². The third-order valence-electron chi connectivity index (χ3n) is 5.01. The van der Waals surface area contributed by atoms with E-state index in [1.165, 1.54) is 12.1 Å². The van der Waals surface area contributed by atoms with Crippen LogP contribution in [0.15, 0.2) is 30.3 Å². The van der Waals surface area contributed by atoms with Gasteiger partial charge in [-0.25, -0.2) is 4.79 Å². The van der Waals surface area contributed by atoms with Crippen LogP contribution in [0.1, 0.15) is 38.5 Å². The number of anilines is 1. The lowest BCUT2D eigenvalue weighted by Crippen LogP contribution is -2.49. The van der Waals surface area contributed by atoms with Gasteiger partial charge in [-0.3, -0.25) is 0 Å². The zero-order valence-corrected chi connectivity index (χ0v) is 13.6. The maximum absolute atomic E-state index is 12.1. The van der Waals surface area contributed by atoms with Crippen molar-refractivity contribution in [1.29, 1.82) is 0 Å². The van der Waals surface area contributed by atoms with Gasteiger partial charge in [0.15, 0.2) is 0 Å². The highest BCUT2D eigenvalue weighted by Crippen LogP contribution is 2.27. The number of urea groups is 1. The van der Waals surface area contributed by atoms with Crippen LogP contribution in [-0.4, -0.2) is 42.4 Å². The highest BCUT2D eigenvalue weighted by molar-refractivity contribution is 5.74. The molecule has 3 N–H and O–H groups in total. The quantitative estimate of drug-likeness (QED) is 0.798. The first-order valence-corrected chi connectivity index (χ1v) is 8.71. The van der Waals surface area contributed by atoms with Crippen molar-refractivity contribution in [2.24, 2.45) is 0 Å². The summed E-state index contributed by atoms with van der Waals surface area (Å²) in [7, 11) is 0. The fourth-order valence-corrected chi connectivity index (χ4v) is 3.62. The Kier molecular flexibility index (Phi) is 5.06. The van der Waals surface area contributed by atoms with Crippen LogP contribution in [0.4, 0.5) is 10.5 Å². The van der Waals surface area contributed by atoms with E-state index < -0.39 is 5.60 Å². The molecule has 1 aliphatic carbocycles. The molecule has 23 heavy (non-hydrogen) atoms. The molecular formula is C18H27N3O2. The molecule has 0 spiro atoms. The molecule has 1 aliphatic heterocycles. The number of amides is 2. The van der Waals surface area contributed by atoms with E-state index in [2.05, 4.69) is 27.7 Å². The summed E-state index contributed by atoms with van der Waals surface area (Å²) in [6, 6.07) is 10.3. The lowest BCUT2D eigenvalue weighted by molar-refractivity contribution is 0.00714. The third-order valence-corrected chi connectivity index (χ3v) is 5.01. The van der Waals surface area contributed by atoms with Crippen molar-refractivity contribution in [3.63, 3.8) is 0 Å². The number of rotatable bonds is 4. The van der Waals surface area contributed by atoms with Crippen molar-refractivity contribution < 1.29 is 9.90 Å². The van der Waals surface area contributed by atoms with Crippen molar-refractivity contribution in [3.05, 3.63) is 30.3 Å². The van der Waals surface area contributed by atoms with Gasteiger partial charge in [-0.1, -0.05) is 37.5 Å². The van der Waals surface area contributed by atoms with Gasteiger partial charge in [0.25, 0.3) is 0 Å². The predicted octanol–water partition coefficient (Wildman–Crippen LogP) is 2.26. The molecule has 2 amide bonds. The van der Waals surface area contributed by atoms with Gasteiger partial charge in [0.05, 0.1) is 5.60 Å². The average molecular weight is 317 g/mol. The van der Waals surface area contributed by atoms with E-state index >= 15 is 0 Å². The second kappa shape index (κ2) is 7.21. The van der Waals surface area contributed by atoms with Crippen LogP contribution in [0, 0.1) is 0 Å². The Bertz CT molecular complexity index is 514. The number of nitrogens with one attached hydrogen (secondary N) is 2. The molecule has 1 aromatic carbocycles. The summed E-state index contributed by atoms with van der Waals surface area (Å²) in [6.45, 7) is 2.15. The molecule has 1 atom stereocenters. The van der Waals surface area contributed by atoms with Gasteiger partial charge < -0.3 is 20.6 Å². The highest BCUT2D eigenvalue weighted by atomic mass is 16.3. The van der Waals surface area contributed by atoms with Gasteiger partial charge in [0.1, 0.15) is 0 Å². The summed E-state index contributed by atoms with van der Waals surface area (Å²) in [5.74, 6) is 0. The number of hydrogen-bond donors (Lipinski definition) is 3. The van der Waals surface area contributed by atoms with Crippen molar-refractivity contribution in [1.82, 2.24) is 10.6 Å². The van der Waals surface area contributed by atoms with E-state index in [0.717, 1.165) is 45.2 Å². The molecule has 3 rings (SSSR count). The Hall–Kier alpha value is -1.75. The predicted molar refractivity (Wildman–Crippen MR) is 91.6 cm³/mol. The standard InChI is InChI=1S/C18H27N3O2/c22-17(19-14-18(23)10-5-2-6-11-18)20-15-9-12-21(13-15)16-7-3-1-4-8-16/h1,3-4,7-8,15,23H,2,5-6,9-14H2,(H2,19,20,22). The fraction of sp³-hybridized carbons (Fsp3) is 0.611. The lowest BCUT2D eigenvalue weighted by atomic mass is 9.85. The van der Waals surface area contributed by atoms with Crippen LogP contribution in [0.25, 0.3) is 0 Å². The van der Waals surface area contributed by atoms with Crippen molar-refractivity contribution in [2.45, 2.75) is 50.2 Å². The molecule has 1 aromatic rings. The molecule has 5 nitrogen and oxygen atoms in total. The smallest absolute Gasteiger partial charge is 0.315 e. The summed E-state index contributed by atoms with van der Waals surface area (Å²) in [5.41, 5.74) is 0.496. The Labute approximate surface area is 138 Å². The van der Waals surface area contributed by atoms with Gasteiger partial charge in [0, 0.05) is 31.4 Å². The Balaban J connectivity index is 1.42. The number of carbonyl (C=O) groups excluding carboxylic acids is 1. The molecule has 5 heteroatoms. The van der Waals surface area contributed by atoms with E-state index in [1.807, 2.05) is 18.2 Å². The molecule has 126 valence electrons. The van der Waals surface area contributed by atoms with Gasteiger partial charge in [0.2, 0.25) is 0 Å². The molecule has 1 unspecified atom stereocenters. The molecule has 2 aliphatic rings. The average Bonchev–Trinajstić information content (AvgIpc) is 3.03. The number of nitrogens with zero attached hydrogens (tertiary/aromatic N) is 1. The Morgan fingerprint density at radius 1 is 1.22 bits per heavy atom. The van der Waals surface area contributed by atoms with E-state index in [9.17, 15) is 9.90 Å². The van der Waals surface area contributed by atoms with Crippen molar-refractivity contribution >= 4 is 11.7 Å². The Morgan fingerprint density at radius 3 is 2.70 bits per heavy atom. The maximum Gasteiger partial charge on any atom is 0.315 e. The van der Waals surface area contributed by atoms with Crippen molar-refractivity contribution in [3.8, 4) is 0 Å². The number of aliphatic hydroxyl groups is 1. The minimum atomic E-state index is -0.707. The summed E-state index contributed by atoms with van der Waals surface area (Å²) in [6.07, 6.45) is 5.82. The van der Waals surface area contributed by atoms with E-state index in [1.54, 1.807) is 0 Å². The molecule has 2 fully saturated rings. The largest absolute Gasteiger partial charge is 0.388 e. The topological polar surface area (TPSA) is 64.6 Å². The van der Waals surface area contributed by atoms with Gasteiger partial charge in [-0.2, -0.15) is 0 Å². The summed E-state index contributed by atoms with van der Waals surface area (Å²) < 4.78 is 0. The third kappa shape index (κ3) is 4.38. The lowest BCUT2D eigenvalue weighted by Gasteiger charge is -2.32. The number of para-hydroxylation sites is 1. The van der Waals surface area contributed by atoms with Gasteiger partial charge >= 0.3 is 6.03 Å². The molecule has 0 radical (unpaired) electrons. The van der Waals surface area contributed by atoms with Gasteiger partial charge in [-0.05, 0) is 31.4 Å². The number of hydrogen-bond acceptors (Lipinski definition) is 3. The second-order valence-corrected chi connectivity index (χ2v) is 6.88. The van der Waals surface area contributed by atoms with Crippen LogP contribution < -0.4 is 15.5 Å². The SMILES string of the molecule is O=C(NCC1(O)CCCCC1)NC1CCN(c2ccccc2)C1. The maximum atomic E-state index is 12.1. The van der Waals surface area contributed by atoms with Crippen LogP contribution in [0.3, 0.4) is 0 Å². The molecule has 0 aromatic heterocycles. The summed E-state index contributed by atoms with van der Waals surface area (Å²) in [5, 5.41) is 16.3. The summed E-state index contributed by atoms with van der Waals surface area (Å²) >= 11 is 0. The zero-order valence-electron chi connectivity index (χ0n) is 13.6. The monoisotopic (exact) mass is 317 g/mol. The minimum Gasteiger partial charge on any atom is -0.388 e.